The average Bonchev–Trinajstić information content (AvgIpc) is 3.27. The van der Waals surface area contributed by atoms with Crippen LogP contribution in [0.5, 0.6) is 0 Å². The SMILES string of the molecule is Cc1ccc(-n2nc(-c3ccccc3)cc2NC(=O)CN(C(=O)c2ccccc2Cl)C(C)C)cc1. The lowest BCUT2D eigenvalue weighted by Gasteiger charge is -2.26. The number of aromatic nitrogens is 2. The Bertz CT molecular complexity index is 1330. The third-order valence-electron chi connectivity index (χ3n) is 5.63. The first-order valence-corrected chi connectivity index (χ1v) is 11.8. The van der Waals surface area contributed by atoms with Crippen molar-refractivity contribution in [1.29, 1.82) is 0 Å². The molecule has 4 aromatic rings. The van der Waals surface area contributed by atoms with Gasteiger partial charge in [-0.25, -0.2) is 4.68 Å². The number of anilines is 1. The lowest BCUT2D eigenvalue weighted by Crippen LogP contribution is -2.42. The van der Waals surface area contributed by atoms with Crippen molar-refractivity contribution >= 4 is 29.2 Å². The normalized spacial score (nSPS) is 10.9. The Morgan fingerprint density at radius 1 is 0.971 bits per heavy atom. The molecule has 1 N–H and O–H groups in total. The maximum absolute atomic E-state index is 13.2. The number of carbonyl (C=O) groups excluding carboxylic acids is 2. The number of halogens is 1. The Morgan fingerprint density at radius 3 is 2.29 bits per heavy atom. The molecule has 1 heterocycles. The molecular formula is C28H27ClN4O2. The zero-order chi connectivity index (χ0) is 24.9. The zero-order valence-corrected chi connectivity index (χ0v) is 20.7. The molecule has 0 saturated heterocycles. The molecule has 0 aliphatic heterocycles. The summed E-state index contributed by atoms with van der Waals surface area (Å²) in [5.41, 5.74) is 3.98. The van der Waals surface area contributed by atoms with E-state index in [1.165, 1.54) is 4.90 Å². The van der Waals surface area contributed by atoms with E-state index in [1.807, 2.05) is 81.4 Å². The molecule has 0 unspecified atom stereocenters. The van der Waals surface area contributed by atoms with E-state index in [4.69, 9.17) is 16.7 Å². The summed E-state index contributed by atoms with van der Waals surface area (Å²) in [7, 11) is 0. The zero-order valence-electron chi connectivity index (χ0n) is 19.9. The van der Waals surface area contributed by atoms with E-state index < -0.39 is 0 Å². The summed E-state index contributed by atoms with van der Waals surface area (Å²) in [5.74, 6) is -0.101. The number of amides is 2. The van der Waals surface area contributed by atoms with E-state index in [2.05, 4.69) is 5.32 Å². The van der Waals surface area contributed by atoms with E-state index in [0.717, 1.165) is 22.5 Å². The van der Waals surface area contributed by atoms with Crippen LogP contribution in [0.1, 0.15) is 29.8 Å². The van der Waals surface area contributed by atoms with E-state index in [9.17, 15) is 9.59 Å². The molecule has 35 heavy (non-hydrogen) atoms. The molecule has 0 spiro atoms. The lowest BCUT2D eigenvalue weighted by atomic mass is 10.1. The summed E-state index contributed by atoms with van der Waals surface area (Å²) in [5, 5.41) is 8.06. The van der Waals surface area contributed by atoms with Crippen LogP contribution in [0.2, 0.25) is 5.02 Å². The first kappa shape index (κ1) is 24.2. The van der Waals surface area contributed by atoms with Crippen molar-refractivity contribution in [3.05, 3.63) is 101 Å². The van der Waals surface area contributed by atoms with Gasteiger partial charge in [0.1, 0.15) is 12.4 Å². The minimum absolute atomic E-state index is 0.124. The molecule has 0 aliphatic carbocycles. The number of carbonyl (C=O) groups is 2. The number of rotatable bonds is 7. The Labute approximate surface area is 210 Å². The van der Waals surface area contributed by atoms with Crippen molar-refractivity contribution in [3.8, 4) is 16.9 Å². The molecule has 0 atom stereocenters. The fourth-order valence-electron chi connectivity index (χ4n) is 3.72. The summed E-state index contributed by atoms with van der Waals surface area (Å²) in [6.45, 7) is 5.63. The molecule has 0 fully saturated rings. The molecule has 178 valence electrons. The van der Waals surface area contributed by atoms with Gasteiger partial charge in [0.25, 0.3) is 5.91 Å². The number of benzene rings is 3. The predicted octanol–water partition coefficient (Wildman–Crippen LogP) is 5.99. The highest BCUT2D eigenvalue weighted by atomic mass is 35.5. The van der Waals surface area contributed by atoms with Crippen molar-refractivity contribution in [3.63, 3.8) is 0 Å². The number of aryl methyl sites for hydroxylation is 1. The van der Waals surface area contributed by atoms with E-state index >= 15 is 0 Å². The predicted molar refractivity (Wildman–Crippen MR) is 140 cm³/mol. The highest BCUT2D eigenvalue weighted by molar-refractivity contribution is 6.33. The van der Waals surface area contributed by atoms with Gasteiger partial charge < -0.3 is 10.2 Å². The quantitative estimate of drug-likeness (QED) is 0.349. The second-order valence-electron chi connectivity index (χ2n) is 8.58. The fraction of sp³-hybridized carbons (Fsp3) is 0.179. The minimum Gasteiger partial charge on any atom is -0.327 e. The molecule has 4 rings (SSSR count). The highest BCUT2D eigenvalue weighted by Gasteiger charge is 2.24. The minimum atomic E-state index is -0.327. The van der Waals surface area contributed by atoms with Crippen LogP contribution >= 0.6 is 11.6 Å². The summed E-state index contributed by atoms with van der Waals surface area (Å²) in [6.07, 6.45) is 0. The van der Waals surface area contributed by atoms with Crippen LogP contribution < -0.4 is 5.32 Å². The topological polar surface area (TPSA) is 67.2 Å². The van der Waals surface area contributed by atoms with Gasteiger partial charge in [0.2, 0.25) is 5.91 Å². The van der Waals surface area contributed by atoms with Crippen molar-refractivity contribution in [2.24, 2.45) is 0 Å². The lowest BCUT2D eigenvalue weighted by molar-refractivity contribution is -0.117. The third kappa shape index (κ3) is 5.61. The molecular weight excluding hydrogens is 460 g/mol. The van der Waals surface area contributed by atoms with Gasteiger partial charge in [0, 0.05) is 17.7 Å². The van der Waals surface area contributed by atoms with Gasteiger partial charge in [-0.15, -0.1) is 0 Å². The van der Waals surface area contributed by atoms with E-state index in [1.54, 1.807) is 28.9 Å². The Balaban J connectivity index is 1.62. The van der Waals surface area contributed by atoms with Gasteiger partial charge in [-0.3, -0.25) is 9.59 Å². The Hall–Kier alpha value is -3.90. The van der Waals surface area contributed by atoms with Crippen LogP contribution in [0.15, 0.2) is 84.9 Å². The number of nitrogens with zero attached hydrogens (tertiary/aromatic N) is 3. The van der Waals surface area contributed by atoms with E-state index in [-0.39, 0.29) is 24.4 Å². The maximum atomic E-state index is 13.2. The van der Waals surface area contributed by atoms with Crippen molar-refractivity contribution in [1.82, 2.24) is 14.7 Å². The molecule has 0 saturated carbocycles. The van der Waals surface area contributed by atoms with Crippen LogP contribution in [-0.4, -0.2) is 39.1 Å². The van der Waals surface area contributed by atoms with Gasteiger partial charge in [0.05, 0.1) is 22.0 Å². The van der Waals surface area contributed by atoms with Gasteiger partial charge in [0.15, 0.2) is 0 Å². The summed E-state index contributed by atoms with van der Waals surface area (Å²) in [4.78, 5) is 27.8. The van der Waals surface area contributed by atoms with E-state index in [0.29, 0.717) is 16.4 Å². The van der Waals surface area contributed by atoms with Crippen LogP contribution in [0, 0.1) is 6.92 Å². The number of nitrogens with one attached hydrogen (secondary N) is 1. The van der Waals surface area contributed by atoms with Gasteiger partial charge >= 0.3 is 0 Å². The van der Waals surface area contributed by atoms with Crippen LogP contribution in [-0.2, 0) is 4.79 Å². The van der Waals surface area contributed by atoms with Crippen molar-refractivity contribution in [2.45, 2.75) is 26.8 Å². The fourth-order valence-corrected chi connectivity index (χ4v) is 3.93. The third-order valence-corrected chi connectivity index (χ3v) is 5.96. The molecule has 6 nitrogen and oxygen atoms in total. The molecule has 0 radical (unpaired) electrons. The second-order valence-corrected chi connectivity index (χ2v) is 8.99. The largest absolute Gasteiger partial charge is 0.327 e. The van der Waals surface area contributed by atoms with Crippen LogP contribution in [0.4, 0.5) is 5.82 Å². The molecule has 2 amide bonds. The van der Waals surface area contributed by atoms with Crippen molar-refractivity contribution < 1.29 is 9.59 Å². The average molecular weight is 487 g/mol. The summed E-state index contributed by atoms with van der Waals surface area (Å²) < 4.78 is 1.70. The first-order chi connectivity index (χ1) is 16.8. The van der Waals surface area contributed by atoms with Crippen LogP contribution in [0.25, 0.3) is 16.9 Å². The molecule has 0 bridgehead atoms. The highest BCUT2D eigenvalue weighted by Crippen LogP contribution is 2.25. The first-order valence-electron chi connectivity index (χ1n) is 11.4. The second kappa shape index (κ2) is 10.6. The molecule has 7 heteroatoms. The Kier molecular flexibility index (Phi) is 7.32. The van der Waals surface area contributed by atoms with Crippen molar-refractivity contribution in [2.75, 3.05) is 11.9 Å². The molecule has 1 aromatic heterocycles. The number of hydrogen-bond acceptors (Lipinski definition) is 3. The number of hydrogen-bond donors (Lipinski definition) is 1. The van der Waals surface area contributed by atoms with Gasteiger partial charge in [-0.2, -0.15) is 5.10 Å². The summed E-state index contributed by atoms with van der Waals surface area (Å²) >= 11 is 6.24. The maximum Gasteiger partial charge on any atom is 0.256 e. The van der Waals surface area contributed by atoms with Crippen LogP contribution in [0.3, 0.4) is 0 Å². The van der Waals surface area contributed by atoms with Gasteiger partial charge in [-0.05, 0) is 45.0 Å². The smallest absolute Gasteiger partial charge is 0.256 e. The monoisotopic (exact) mass is 486 g/mol. The standard InChI is InChI=1S/C28H27ClN4O2/c1-19(2)32(28(35)23-11-7-8-12-24(23)29)18-27(34)30-26-17-25(21-9-5-4-6-10-21)31-33(26)22-15-13-20(3)14-16-22/h4-17,19H,18H2,1-3H3,(H,30,34). The van der Waals surface area contributed by atoms with Gasteiger partial charge in [-0.1, -0.05) is 71.8 Å². The molecule has 3 aromatic carbocycles. The Morgan fingerprint density at radius 2 is 1.63 bits per heavy atom. The summed E-state index contributed by atoms with van der Waals surface area (Å²) in [6, 6.07) is 26.1. The molecule has 0 aliphatic rings.